The molecule has 152 valence electrons. The Labute approximate surface area is 174 Å². The summed E-state index contributed by atoms with van der Waals surface area (Å²) in [5.41, 5.74) is 4.36. The van der Waals surface area contributed by atoms with Crippen LogP contribution in [0.2, 0.25) is 0 Å². The predicted octanol–water partition coefficient (Wildman–Crippen LogP) is 5.14. The first-order valence-electron chi connectivity index (χ1n) is 9.39. The number of imidazole rings is 1. The summed E-state index contributed by atoms with van der Waals surface area (Å²) in [5, 5.41) is 9.67. The number of hydrogen-bond acceptors (Lipinski definition) is 5. The van der Waals surface area contributed by atoms with Gasteiger partial charge in [0.05, 0.1) is 32.7 Å². The van der Waals surface area contributed by atoms with Crippen molar-refractivity contribution in [1.29, 1.82) is 0 Å². The number of phenolic OH excluding ortho intramolecular Hbond substituents is 1. The number of methoxy groups -OCH3 is 3. The van der Waals surface area contributed by atoms with Crippen LogP contribution >= 0.6 is 0 Å². The normalized spacial score (nSPS) is 10.6. The quantitative estimate of drug-likeness (QED) is 0.467. The number of aromatic amines is 1. The van der Waals surface area contributed by atoms with Gasteiger partial charge < -0.3 is 24.3 Å². The van der Waals surface area contributed by atoms with Gasteiger partial charge in [0.2, 0.25) is 5.75 Å². The van der Waals surface area contributed by atoms with E-state index in [0.717, 1.165) is 28.1 Å². The summed E-state index contributed by atoms with van der Waals surface area (Å²) in [6.45, 7) is 0. The third-order valence-corrected chi connectivity index (χ3v) is 4.85. The van der Waals surface area contributed by atoms with Gasteiger partial charge in [-0.3, -0.25) is 0 Å². The van der Waals surface area contributed by atoms with E-state index in [-0.39, 0.29) is 5.75 Å². The van der Waals surface area contributed by atoms with E-state index >= 15 is 0 Å². The van der Waals surface area contributed by atoms with Crippen LogP contribution in [0, 0.1) is 0 Å². The van der Waals surface area contributed by atoms with Crippen molar-refractivity contribution in [2.75, 3.05) is 21.3 Å². The Hall–Kier alpha value is -3.93. The zero-order valence-corrected chi connectivity index (χ0v) is 17.0. The fourth-order valence-corrected chi connectivity index (χ4v) is 3.37. The maximum Gasteiger partial charge on any atom is 0.203 e. The van der Waals surface area contributed by atoms with Gasteiger partial charge in [-0.15, -0.1) is 0 Å². The summed E-state index contributed by atoms with van der Waals surface area (Å²) < 4.78 is 16.4. The van der Waals surface area contributed by atoms with E-state index in [1.165, 1.54) is 0 Å². The molecule has 0 aliphatic rings. The topological polar surface area (TPSA) is 76.6 Å². The lowest BCUT2D eigenvalue weighted by Gasteiger charge is -2.13. The lowest BCUT2D eigenvalue weighted by Crippen LogP contribution is -1.96. The second-order valence-corrected chi connectivity index (χ2v) is 6.64. The Kier molecular flexibility index (Phi) is 5.30. The third kappa shape index (κ3) is 3.55. The molecular weight excluding hydrogens is 380 g/mol. The van der Waals surface area contributed by atoms with Crippen LogP contribution in [0.4, 0.5) is 0 Å². The molecule has 0 aliphatic heterocycles. The lowest BCUT2D eigenvalue weighted by atomic mass is 10.1. The maximum atomic E-state index is 9.67. The van der Waals surface area contributed by atoms with Gasteiger partial charge >= 0.3 is 0 Å². The number of rotatable bonds is 6. The van der Waals surface area contributed by atoms with Gasteiger partial charge in [-0.05, 0) is 36.4 Å². The molecule has 2 N–H and O–H groups in total. The van der Waals surface area contributed by atoms with Crippen molar-refractivity contribution >= 4 is 0 Å². The molecule has 1 heterocycles. The highest BCUT2D eigenvalue weighted by Gasteiger charge is 2.19. The van der Waals surface area contributed by atoms with Crippen LogP contribution in [0.3, 0.4) is 0 Å². The third-order valence-electron chi connectivity index (χ3n) is 4.85. The van der Waals surface area contributed by atoms with E-state index in [2.05, 4.69) is 4.98 Å². The highest BCUT2D eigenvalue weighted by atomic mass is 16.5. The number of hydrogen-bond donors (Lipinski definition) is 2. The minimum absolute atomic E-state index is 0.212. The number of aromatic hydroxyl groups is 1. The molecule has 0 bridgehead atoms. The minimum Gasteiger partial charge on any atom is -0.508 e. The molecule has 1 aromatic heterocycles. The van der Waals surface area contributed by atoms with E-state index in [0.29, 0.717) is 23.1 Å². The molecule has 0 atom stereocenters. The average Bonchev–Trinajstić information content (AvgIpc) is 3.24. The second kappa shape index (κ2) is 8.21. The molecule has 0 aliphatic carbocycles. The van der Waals surface area contributed by atoms with Gasteiger partial charge in [0.25, 0.3) is 0 Å². The molecule has 0 radical (unpaired) electrons. The van der Waals surface area contributed by atoms with Gasteiger partial charge in [0.15, 0.2) is 11.5 Å². The van der Waals surface area contributed by atoms with Crippen LogP contribution in [0.15, 0.2) is 66.7 Å². The Morgan fingerprint density at radius 3 is 1.93 bits per heavy atom. The maximum absolute atomic E-state index is 9.67. The van der Waals surface area contributed by atoms with Crippen molar-refractivity contribution < 1.29 is 19.3 Å². The van der Waals surface area contributed by atoms with Crippen molar-refractivity contribution in [1.82, 2.24) is 9.97 Å². The molecule has 4 rings (SSSR count). The number of phenols is 1. The Balaban J connectivity index is 1.91. The van der Waals surface area contributed by atoms with Crippen molar-refractivity contribution in [2.24, 2.45) is 0 Å². The first-order chi connectivity index (χ1) is 14.6. The summed E-state index contributed by atoms with van der Waals surface area (Å²) in [6.07, 6.45) is 0. The van der Waals surface area contributed by atoms with Crippen molar-refractivity contribution in [3.05, 3.63) is 66.7 Å². The molecule has 6 nitrogen and oxygen atoms in total. The first kappa shape index (κ1) is 19.4. The Morgan fingerprint density at radius 1 is 0.733 bits per heavy atom. The van der Waals surface area contributed by atoms with E-state index in [9.17, 15) is 5.11 Å². The molecule has 30 heavy (non-hydrogen) atoms. The van der Waals surface area contributed by atoms with Crippen LogP contribution in [-0.4, -0.2) is 36.4 Å². The summed E-state index contributed by atoms with van der Waals surface area (Å²) >= 11 is 0. The van der Waals surface area contributed by atoms with E-state index < -0.39 is 0 Å². The molecule has 0 amide bonds. The molecule has 0 fully saturated rings. The van der Waals surface area contributed by atoms with Crippen molar-refractivity contribution in [3.8, 4) is 56.9 Å². The summed E-state index contributed by atoms with van der Waals surface area (Å²) in [7, 11) is 4.74. The SMILES string of the molecule is COc1cc(-c2nc(-c3ccccc3)c(-c3ccc(O)cc3)[nH]2)cc(OC)c1OC. The Morgan fingerprint density at radius 2 is 1.37 bits per heavy atom. The summed E-state index contributed by atoms with van der Waals surface area (Å²) in [4.78, 5) is 8.31. The van der Waals surface area contributed by atoms with Crippen molar-refractivity contribution in [2.45, 2.75) is 0 Å². The van der Waals surface area contributed by atoms with Crippen LogP contribution < -0.4 is 14.2 Å². The van der Waals surface area contributed by atoms with Gasteiger partial charge in [-0.25, -0.2) is 4.98 Å². The fraction of sp³-hybridized carbons (Fsp3) is 0.125. The molecule has 0 saturated carbocycles. The molecular formula is C24H22N2O4. The Bertz CT molecular complexity index is 1130. The fourth-order valence-electron chi connectivity index (χ4n) is 3.37. The largest absolute Gasteiger partial charge is 0.508 e. The highest BCUT2D eigenvalue weighted by Crippen LogP contribution is 2.42. The zero-order valence-electron chi connectivity index (χ0n) is 17.0. The number of benzene rings is 3. The van der Waals surface area contributed by atoms with Gasteiger partial charge in [-0.2, -0.15) is 0 Å². The van der Waals surface area contributed by atoms with Gasteiger partial charge in [0, 0.05) is 16.7 Å². The molecule has 0 unspecified atom stereocenters. The first-order valence-corrected chi connectivity index (χ1v) is 9.39. The van der Waals surface area contributed by atoms with Crippen LogP contribution in [0.1, 0.15) is 0 Å². The van der Waals surface area contributed by atoms with E-state index in [1.54, 1.807) is 33.5 Å². The van der Waals surface area contributed by atoms with Crippen molar-refractivity contribution in [3.63, 3.8) is 0 Å². The van der Waals surface area contributed by atoms with Gasteiger partial charge in [-0.1, -0.05) is 30.3 Å². The zero-order chi connectivity index (χ0) is 21.1. The predicted molar refractivity (Wildman–Crippen MR) is 116 cm³/mol. The van der Waals surface area contributed by atoms with Crippen LogP contribution in [0.5, 0.6) is 23.0 Å². The number of aromatic nitrogens is 2. The lowest BCUT2D eigenvalue weighted by molar-refractivity contribution is 0.324. The molecule has 6 heteroatoms. The average molecular weight is 402 g/mol. The number of nitrogens with one attached hydrogen (secondary N) is 1. The van der Waals surface area contributed by atoms with E-state index in [4.69, 9.17) is 19.2 Å². The number of H-pyrrole nitrogens is 1. The second-order valence-electron chi connectivity index (χ2n) is 6.64. The molecule has 0 spiro atoms. The standard InChI is InChI=1S/C24H22N2O4/c1-28-19-13-17(14-20(29-2)23(19)30-3)24-25-21(15-7-5-4-6-8-15)22(26-24)16-9-11-18(27)12-10-16/h4-14,27H,1-3H3,(H,25,26). The summed E-state index contributed by atoms with van der Waals surface area (Å²) in [5.74, 6) is 2.50. The monoisotopic (exact) mass is 402 g/mol. The minimum atomic E-state index is 0.212. The number of nitrogens with zero attached hydrogens (tertiary/aromatic N) is 1. The molecule has 3 aromatic carbocycles. The molecule has 0 saturated heterocycles. The van der Waals surface area contributed by atoms with Crippen LogP contribution in [0.25, 0.3) is 33.9 Å². The highest BCUT2D eigenvalue weighted by molar-refractivity contribution is 5.82. The molecule has 4 aromatic rings. The van der Waals surface area contributed by atoms with Crippen LogP contribution in [-0.2, 0) is 0 Å². The summed E-state index contributed by atoms with van der Waals surface area (Å²) in [6, 6.07) is 20.7. The van der Waals surface area contributed by atoms with E-state index in [1.807, 2.05) is 54.6 Å². The number of ether oxygens (including phenoxy) is 3. The smallest absolute Gasteiger partial charge is 0.203 e. The van der Waals surface area contributed by atoms with Gasteiger partial charge in [0.1, 0.15) is 11.6 Å².